The van der Waals surface area contributed by atoms with Crippen LogP contribution in [0.2, 0.25) is 10.0 Å². The van der Waals surface area contributed by atoms with E-state index in [2.05, 4.69) is 15.6 Å². The van der Waals surface area contributed by atoms with E-state index in [4.69, 9.17) is 32.7 Å². The molecule has 0 saturated carbocycles. The van der Waals surface area contributed by atoms with Gasteiger partial charge in [-0.25, -0.2) is 9.78 Å². The summed E-state index contributed by atoms with van der Waals surface area (Å²) in [7, 11) is 0. The standard InChI is InChI=1S/C23H22Cl2N4O4S/c1-13(2)29(23(31)27-15-4-5-16(24)17(25)8-15)10-21-28-18(11-34-21)22(30)26-9-14-3-6-19-20(7-14)33-12-32-19/h3-8,11,13H,9-10,12H2,1-2H3,(H,26,30)(H,27,31). The molecule has 2 aromatic carbocycles. The normalized spacial score (nSPS) is 12.0. The molecule has 0 fully saturated rings. The van der Waals surface area contributed by atoms with Crippen molar-refractivity contribution in [2.75, 3.05) is 12.1 Å². The predicted molar refractivity (Wildman–Crippen MR) is 132 cm³/mol. The Morgan fingerprint density at radius 1 is 1.12 bits per heavy atom. The number of amides is 3. The van der Waals surface area contributed by atoms with Crippen LogP contribution in [0, 0.1) is 0 Å². The van der Waals surface area contributed by atoms with Crippen molar-refractivity contribution in [1.82, 2.24) is 15.2 Å². The average Bonchev–Trinajstić information content (AvgIpc) is 3.47. The highest BCUT2D eigenvalue weighted by Crippen LogP contribution is 2.32. The average molecular weight is 521 g/mol. The first-order chi connectivity index (χ1) is 16.3. The smallest absolute Gasteiger partial charge is 0.322 e. The fraction of sp³-hybridized carbons (Fsp3) is 0.261. The number of nitrogens with one attached hydrogen (secondary N) is 2. The van der Waals surface area contributed by atoms with Gasteiger partial charge in [-0.05, 0) is 49.7 Å². The van der Waals surface area contributed by atoms with Crippen LogP contribution in [0.25, 0.3) is 0 Å². The second-order valence-corrected chi connectivity index (χ2v) is 9.53. The highest BCUT2D eigenvalue weighted by Gasteiger charge is 2.21. The molecule has 1 aliphatic rings. The maximum Gasteiger partial charge on any atom is 0.322 e. The minimum Gasteiger partial charge on any atom is -0.454 e. The van der Waals surface area contributed by atoms with Crippen molar-refractivity contribution < 1.29 is 19.1 Å². The molecule has 0 bridgehead atoms. The summed E-state index contributed by atoms with van der Waals surface area (Å²) in [6.45, 7) is 4.59. The molecule has 3 amide bonds. The number of hydrogen-bond acceptors (Lipinski definition) is 6. The Morgan fingerprint density at radius 3 is 2.68 bits per heavy atom. The van der Waals surface area contributed by atoms with Gasteiger partial charge in [0, 0.05) is 23.7 Å². The van der Waals surface area contributed by atoms with Crippen LogP contribution in [0.1, 0.15) is 34.9 Å². The first-order valence-corrected chi connectivity index (χ1v) is 12.1. The van der Waals surface area contributed by atoms with E-state index >= 15 is 0 Å². The molecule has 8 nitrogen and oxygen atoms in total. The van der Waals surface area contributed by atoms with Gasteiger partial charge in [-0.1, -0.05) is 29.3 Å². The fourth-order valence-electron chi connectivity index (χ4n) is 3.22. The van der Waals surface area contributed by atoms with Gasteiger partial charge in [-0.2, -0.15) is 0 Å². The SMILES string of the molecule is CC(C)N(Cc1nc(C(=O)NCc2ccc3c(c2)OCO3)cs1)C(=O)Nc1ccc(Cl)c(Cl)c1. The fourth-order valence-corrected chi connectivity index (χ4v) is 4.29. The number of hydrogen-bond donors (Lipinski definition) is 2. The summed E-state index contributed by atoms with van der Waals surface area (Å²) < 4.78 is 10.7. The van der Waals surface area contributed by atoms with Gasteiger partial charge in [0.05, 0.1) is 16.6 Å². The van der Waals surface area contributed by atoms with E-state index in [-0.39, 0.29) is 31.3 Å². The number of ether oxygens (including phenoxy) is 2. The van der Waals surface area contributed by atoms with Crippen LogP contribution in [-0.2, 0) is 13.1 Å². The minimum atomic E-state index is -0.308. The maximum absolute atomic E-state index is 12.9. The molecule has 11 heteroatoms. The third kappa shape index (κ3) is 5.72. The van der Waals surface area contributed by atoms with Crippen molar-refractivity contribution in [3.8, 4) is 11.5 Å². The molecule has 0 saturated heterocycles. The number of benzene rings is 2. The van der Waals surface area contributed by atoms with Crippen molar-refractivity contribution in [2.24, 2.45) is 0 Å². The Kier molecular flexibility index (Phi) is 7.45. The van der Waals surface area contributed by atoms with E-state index in [1.54, 1.807) is 28.5 Å². The topological polar surface area (TPSA) is 92.8 Å². The molecule has 34 heavy (non-hydrogen) atoms. The number of anilines is 1. The number of urea groups is 1. The van der Waals surface area contributed by atoms with Crippen molar-refractivity contribution in [1.29, 1.82) is 0 Å². The molecule has 0 spiro atoms. The Labute approximate surface area is 210 Å². The van der Waals surface area contributed by atoms with Gasteiger partial charge in [-0.15, -0.1) is 11.3 Å². The van der Waals surface area contributed by atoms with Crippen molar-refractivity contribution in [3.63, 3.8) is 0 Å². The van der Waals surface area contributed by atoms with E-state index in [1.807, 2.05) is 32.0 Å². The van der Waals surface area contributed by atoms with Gasteiger partial charge in [0.1, 0.15) is 10.7 Å². The summed E-state index contributed by atoms with van der Waals surface area (Å²) in [5, 5.41) is 8.76. The third-order valence-electron chi connectivity index (χ3n) is 5.04. The lowest BCUT2D eigenvalue weighted by Gasteiger charge is -2.26. The van der Waals surface area contributed by atoms with Gasteiger partial charge in [0.25, 0.3) is 5.91 Å². The summed E-state index contributed by atoms with van der Waals surface area (Å²) in [5.41, 5.74) is 1.72. The zero-order valence-electron chi connectivity index (χ0n) is 18.4. The Balaban J connectivity index is 1.36. The van der Waals surface area contributed by atoms with Crippen molar-refractivity contribution in [3.05, 3.63) is 68.1 Å². The maximum atomic E-state index is 12.9. The minimum absolute atomic E-state index is 0.102. The van der Waals surface area contributed by atoms with Crippen LogP contribution in [0.5, 0.6) is 11.5 Å². The monoisotopic (exact) mass is 520 g/mol. The van der Waals surface area contributed by atoms with Crippen molar-refractivity contribution in [2.45, 2.75) is 33.0 Å². The number of aromatic nitrogens is 1. The summed E-state index contributed by atoms with van der Waals surface area (Å²) in [6.07, 6.45) is 0. The zero-order chi connectivity index (χ0) is 24.2. The first-order valence-electron chi connectivity index (χ1n) is 10.4. The summed E-state index contributed by atoms with van der Waals surface area (Å²) in [5.74, 6) is 1.06. The van der Waals surface area contributed by atoms with Crippen LogP contribution in [0.15, 0.2) is 41.8 Å². The molecule has 178 valence electrons. The largest absolute Gasteiger partial charge is 0.454 e. The van der Waals surface area contributed by atoms with E-state index in [1.165, 1.54) is 11.3 Å². The number of rotatable bonds is 7. The Morgan fingerprint density at radius 2 is 1.91 bits per heavy atom. The number of fused-ring (bicyclic) bond motifs is 1. The highest BCUT2D eigenvalue weighted by atomic mass is 35.5. The van der Waals surface area contributed by atoms with E-state index in [9.17, 15) is 9.59 Å². The van der Waals surface area contributed by atoms with Gasteiger partial charge in [0.2, 0.25) is 6.79 Å². The van der Waals surface area contributed by atoms with Gasteiger partial charge < -0.3 is 25.0 Å². The molecule has 1 aliphatic heterocycles. The molecule has 0 atom stereocenters. The van der Waals surface area contributed by atoms with Crippen molar-refractivity contribution >= 4 is 52.2 Å². The summed E-state index contributed by atoms with van der Waals surface area (Å²) in [6, 6.07) is 9.99. The second kappa shape index (κ2) is 10.5. The molecule has 2 N–H and O–H groups in total. The van der Waals surface area contributed by atoms with E-state index in [0.717, 1.165) is 5.56 Å². The van der Waals surface area contributed by atoms with E-state index < -0.39 is 0 Å². The molecular weight excluding hydrogens is 499 g/mol. The molecular formula is C23H22Cl2N4O4S. The summed E-state index contributed by atoms with van der Waals surface area (Å²) >= 11 is 13.3. The highest BCUT2D eigenvalue weighted by molar-refractivity contribution is 7.09. The predicted octanol–water partition coefficient (Wildman–Crippen LogP) is 5.55. The lowest BCUT2D eigenvalue weighted by atomic mass is 10.2. The molecule has 1 aromatic heterocycles. The third-order valence-corrected chi connectivity index (χ3v) is 6.61. The number of halogens is 2. The lowest BCUT2D eigenvalue weighted by Crippen LogP contribution is -2.39. The zero-order valence-corrected chi connectivity index (χ0v) is 20.8. The molecule has 3 aromatic rings. The lowest BCUT2D eigenvalue weighted by molar-refractivity contribution is 0.0946. The molecule has 0 aliphatic carbocycles. The van der Waals surface area contributed by atoms with Gasteiger partial charge in [-0.3, -0.25) is 4.79 Å². The van der Waals surface area contributed by atoms with Crippen LogP contribution in [0.3, 0.4) is 0 Å². The van der Waals surface area contributed by atoms with E-state index in [0.29, 0.717) is 44.5 Å². The quantitative estimate of drug-likeness (QED) is 0.425. The number of nitrogens with zero attached hydrogens (tertiary/aromatic N) is 2. The molecule has 0 unspecified atom stereocenters. The van der Waals surface area contributed by atoms with Crippen LogP contribution in [0.4, 0.5) is 10.5 Å². The Hall–Kier alpha value is -3.01. The number of thiazole rings is 1. The Bertz CT molecular complexity index is 1220. The molecule has 2 heterocycles. The number of carbonyl (C=O) groups is 2. The number of carbonyl (C=O) groups excluding carboxylic acids is 2. The van der Waals surface area contributed by atoms with Crippen LogP contribution >= 0.6 is 34.5 Å². The molecule has 0 radical (unpaired) electrons. The van der Waals surface area contributed by atoms with Crippen LogP contribution < -0.4 is 20.1 Å². The van der Waals surface area contributed by atoms with Crippen LogP contribution in [-0.4, -0.2) is 34.7 Å². The first kappa shape index (κ1) is 24.1. The second-order valence-electron chi connectivity index (χ2n) is 7.78. The molecule has 4 rings (SSSR count). The summed E-state index contributed by atoms with van der Waals surface area (Å²) in [4.78, 5) is 31.5. The van der Waals surface area contributed by atoms with Gasteiger partial charge >= 0.3 is 6.03 Å². The van der Waals surface area contributed by atoms with Gasteiger partial charge in [0.15, 0.2) is 11.5 Å².